The molecule has 0 bridgehead atoms. The van der Waals surface area contributed by atoms with Crippen molar-refractivity contribution in [3.05, 3.63) is 17.5 Å². The van der Waals surface area contributed by atoms with Gasteiger partial charge in [-0.25, -0.2) is 9.97 Å². The molecule has 0 atom stereocenters. The molecule has 0 aliphatic rings. The fourth-order valence-corrected chi connectivity index (χ4v) is 1.88. The number of nitrogens with zero attached hydrogens (tertiary/aromatic N) is 3. The lowest BCUT2D eigenvalue weighted by atomic mass is 10.2. The van der Waals surface area contributed by atoms with Crippen molar-refractivity contribution in [2.24, 2.45) is 5.92 Å². The summed E-state index contributed by atoms with van der Waals surface area (Å²) < 4.78 is 5.06. The lowest BCUT2D eigenvalue weighted by Crippen LogP contribution is -2.23. The van der Waals surface area contributed by atoms with Crippen LogP contribution in [0.3, 0.4) is 0 Å². The van der Waals surface area contributed by atoms with E-state index in [-0.39, 0.29) is 0 Å². The van der Waals surface area contributed by atoms with E-state index < -0.39 is 0 Å². The highest BCUT2D eigenvalue weighted by Crippen LogP contribution is 2.10. The summed E-state index contributed by atoms with van der Waals surface area (Å²) in [5.41, 5.74) is 2.21. The van der Waals surface area contributed by atoms with Gasteiger partial charge in [0.05, 0.1) is 0 Å². The summed E-state index contributed by atoms with van der Waals surface area (Å²) in [6.07, 6.45) is 2.91. The summed E-state index contributed by atoms with van der Waals surface area (Å²) >= 11 is 0. The van der Waals surface area contributed by atoms with Gasteiger partial charge in [0.25, 0.3) is 0 Å². The van der Waals surface area contributed by atoms with E-state index in [2.05, 4.69) is 34.0 Å². The first-order valence-corrected chi connectivity index (χ1v) is 7.28. The summed E-state index contributed by atoms with van der Waals surface area (Å²) in [7, 11) is 3.74. The molecule has 5 nitrogen and oxygen atoms in total. The average Bonchev–Trinajstić information content (AvgIpc) is 2.40. The van der Waals surface area contributed by atoms with E-state index >= 15 is 0 Å². The molecule has 1 N–H and O–H groups in total. The van der Waals surface area contributed by atoms with E-state index in [0.29, 0.717) is 5.92 Å². The highest BCUT2D eigenvalue weighted by Gasteiger charge is 2.07. The Hall–Kier alpha value is -1.20. The fraction of sp³-hybridized carbons (Fsp3) is 0.733. The number of methoxy groups -OCH3 is 1. The Bertz CT molecular complexity index is 395. The van der Waals surface area contributed by atoms with Gasteiger partial charge in [-0.3, -0.25) is 0 Å². The smallest absolute Gasteiger partial charge is 0.225 e. The average molecular weight is 280 g/mol. The molecule has 20 heavy (non-hydrogen) atoms. The molecule has 0 aromatic carbocycles. The summed E-state index contributed by atoms with van der Waals surface area (Å²) in [5, 5.41) is 3.42. The minimum Gasteiger partial charge on any atom is -0.385 e. The van der Waals surface area contributed by atoms with Gasteiger partial charge in [0.1, 0.15) is 0 Å². The van der Waals surface area contributed by atoms with Crippen LogP contribution in [0.1, 0.15) is 31.5 Å². The molecule has 1 rings (SSSR count). The van der Waals surface area contributed by atoms with E-state index in [1.165, 1.54) is 5.56 Å². The molecule has 0 spiro atoms. The topological polar surface area (TPSA) is 50.3 Å². The van der Waals surface area contributed by atoms with Gasteiger partial charge in [-0.15, -0.1) is 0 Å². The number of aromatic nitrogens is 2. The third kappa shape index (κ3) is 5.84. The second-order valence-electron chi connectivity index (χ2n) is 5.57. The zero-order valence-electron chi connectivity index (χ0n) is 13.4. The van der Waals surface area contributed by atoms with Gasteiger partial charge in [-0.05, 0) is 25.8 Å². The molecular formula is C15H28N4O. The number of nitrogens with one attached hydrogen (secondary N) is 1. The number of hydrogen-bond acceptors (Lipinski definition) is 5. The van der Waals surface area contributed by atoms with E-state index in [1.54, 1.807) is 7.11 Å². The summed E-state index contributed by atoms with van der Waals surface area (Å²) in [5.74, 6) is 1.44. The van der Waals surface area contributed by atoms with Gasteiger partial charge >= 0.3 is 0 Å². The third-order valence-corrected chi connectivity index (χ3v) is 3.12. The van der Waals surface area contributed by atoms with Crippen molar-refractivity contribution in [1.82, 2.24) is 15.3 Å². The molecule has 0 saturated heterocycles. The molecule has 0 radical (unpaired) electrons. The van der Waals surface area contributed by atoms with Crippen LogP contribution in [0.15, 0.2) is 6.20 Å². The highest BCUT2D eigenvalue weighted by atomic mass is 16.5. The van der Waals surface area contributed by atoms with Gasteiger partial charge in [0.15, 0.2) is 0 Å². The van der Waals surface area contributed by atoms with Gasteiger partial charge in [0, 0.05) is 51.3 Å². The molecular weight excluding hydrogens is 252 g/mol. The van der Waals surface area contributed by atoms with Crippen LogP contribution in [0.5, 0.6) is 0 Å². The lowest BCUT2D eigenvalue weighted by Gasteiger charge is -2.18. The molecule has 1 heterocycles. The maximum Gasteiger partial charge on any atom is 0.225 e. The van der Waals surface area contributed by atoms with Crippen LogP contribution in [-0.2, 0) is 11.3 Å². The molecule has 0 saturated carbocycles. The second-order valence-corrected chi connectivity index (χ2v) is 5.57. The minimum absolute atomic E-state index is 0.655. The maximum absolute atomic E-state index is 5.06. The van der Waals surface area contributed by atoms with Crippen molar-refractivity contribution < 1.29 is 4.74 Å². The van der Waals surface area contributed by atoms with Gasteiger partial charge in [-0.2, -0.15) is 0 Å². The molecule has 1 aromatic rings. The van der Waals surface area contributed by atoms with Crippen LogP contribution in [0.4, 0.5) is 5.95 Å². The van der Waals surface area contributed by atoms with Crippen molar-refractivity contribution in [3.8, 4) is 0 Å². The van der Waals surface area contributed by atoms with Crippen molar-refractivity contribution in [3.63, 3.8) is 0 Å². The number of rotatable bonds is 9. The summed E-state index contributed by atoms with van der Waals surface area (Å²) in [4.78, 5) is 11.1. The molecule has 0 amide bonds. The fourth-order valence-electron chi connectivity index (χ4n) is 1.88. The van der Waals surface area contributed by atoms with Crippen molar-refractivity contribution in [1.29, 1.82) is 0 Å². The Morgan fingerprint density at radius 3 is 2.75 bits per heavy atom. The predicted molar refractivity (Wildman–Crippen MR) is 83.1 cm³/mol. The second kappa shape index (κ2) is 8.87. The standard InChI is InChI=1S/C15H28N4O/c1-12(2)9-16-10-14-11-17-15(18-13(14)3)19(4)7-6-8-20-5/h11-12,16H,6-10H2,1-5H3. The Labute approximate surface area is 122 Å². The quantitative estimate of drug-likeness (QED) is 0.701. The molecule has 0 aliphatic carbocycles. The Kier molecular flexibility index (Phi) is 7.47. The largest absolute Gasteiger partial charge is 0.385 e. The number of aryl methyl sites for hydroxylation is 1. The van der Waals surface area contributed by atoms with Gasteiger partial charge < -0.3 is 15.0 Å². The van der Waals surface area contributed by atoms with Crippen LogP contribution in [0.25, 0.3) is 0 Å². The Morgan fingerprint density at radius 1 is 1.40 bits per heavy atom. The zero-order chi connectivity index (χ0) is 15.0. The number of anilines is 1. The molecule has 0 unspecified atom stereocenters. The monoisotopic (exact) mass is 280 g/mol. The molecule has 114 valence electrons. The van der Waals surface area contributed by atoms with Crippen LogP contribution in [-0.4, -0.2) is 43.8 Å². The summed E-state index contributed by atoms with van der Waals surface area (Å²) in [6.45, 7) is 9.96. The Balaban J connectivity index is 2.53. The van der Waals surface area contributed by atoms with Crippen LogP contribution < -0.4 is 10.2 Å². The third-order valence-electron chi connectivity index (χ3n) is 3.12. The van der Waals surface area contributed by atoms with Crippen LogP contribution >= 0.6 is 0 Å². The van der Waals surface area contributed by atoms with E-state index in [0.717, 1.165) is 44.3 Å². The number of hydrogen-bond donors (Lipinski definition) is 1. The Morgan fingerprint density at radius 2 is 2.15 bits per heavy atom. The molecule has 5 heteroatoms. The molecule has 1 aromatic heterocycles. The first-order chi connectivity index (χ1) is 9.54. The van der Waals surface area contributed by atoms with Crippen molar-refractivity contribution in [2.75, 3.05) is 38.8 Å². The van der Waals surface area contributed by atoms with E-state index in [4.69, 9.17) is 4.74 Å². The SMILES string of the molecule is COCCCN(C)c1ncc(CNCC(C)C)c(C)n1. The van der Waals surface area contributed by atoms with Crippen molar-refractivity contribution >= 4 is 5.95 Å². The van der Waals surface area contributed by atoms with E-state index in [1.807, 2.05) is 20.2 Å². The predicted octanol–water partition coefficient (Wildman–Crippen LogP) is 2.00. The highest BCUT2D eigenvalue weighted by molar-refractivity contribution is 5.31. The minimum atomic E-state index is 0.655. The molecule has 0 fully saturated rings. The molecule has 0 aliphatic heterocycles. The maximum atomic E-state index is 5.06. The van der Waals surface area contributed by atoms with Crippen LogP contribution in [0.2, 0.25) is 0 Å². The lowest BCUT2D eigenvalue weighted by molar-refractivity contribution is 0.196. The normalized spacial score (nSPS) is 11.1. The van der Waals surface area contributed by atoms with E-state index in [9.17, 15) is 0 Å². The first kappa shape index (κ1) is 16.9. The van der Waals surface area contributed by atoms with Crippen molar-refractivity contribution in [2.45, 2.75) is 33.7 Å². The van der Waals surface area contributed by atoms with Crippen LogP contribution in [0, 0.1) is 12.8 Å². The zero-order valence-corrected chi connectivity index (χ0v) is 13.4. The number of ether oxygens (including phenoxy) is 1. The van der Waals surface area contributed by atoms with Gasteiger partial charge in [0.2, 0.25) is 5.95 Å². The first-order valence-electron chi connectivity index (χ1n) is 7.28. The van der Waals surface area contributed by atoms with Gasteiger partial charge in [-0.1, -0.05) is 13.8 Å². The summed E-state index contributed by atoms with van der Waals surface area (Å²) in [6, 6.07) is 0.